The lowest BCUT2D eigenvalue weighted by Crippen LogP contribution is -2.38. The Kier molecular flexibility index (Phi) is 7.86. The number of carbonyl (C=O) groups is 1. The normalized spacial score (nSPS) is 11.8. The van der Waals surface area contributed by atoms with Gasteiger partial charge < -0.3 is 14.8 Å². The van der Waals surface area contributed by atoms with Gasteiger partial charge in [-0.15, -0.1) is 0 Å². The molecular weight excluding hydrogens is 443 g/mol. The van der Waals surface area contributed by atoms with Gasteiger partial charge in [-0.2, -0.15) is 0 Å². The summed E-state index contributed by atoms with van der Waals surface area (Å²) in [4.78, 5) is 20.5. The van der Waals surface area contributed by atoms with E-state index in [0.717, 1.165) is 11.1 Å². The summed E-state index contributed by atoms with van der Waals surface area (Å²) >= 11 is 0. The maximum atomic E-state index is 13.7. The number of para-hydroxylation sites is 2. The molecule has 4 aromatic carbocycles. The number of phenols is 1. The standard InChI is InChI=1S/C29H25FN2O3/c30-25-17-15-23(16-18-25)27(19-22-9-3-1-4-10-22)32(26-12-5-2-6-13-26)29(34)21-35-31-20-24-11-7-8-14-28(24)33/h1-18,20,27,33H,19,21H2/b31-20+. The largest absolute Gasteiger partial charge is 0.507 e. The van der Waals surface area contributed by atoms with E-state index in [0.29, 0.717) is 17.7 Å². The molecule has 1 N–H and O–H groups in total. The fourth-order valence-electron chi connectivity index (χ4n) is 3.82. The minimum atomic E-state index is -0.404. The third-order valence-electron chi connectivity index (χ3n) is 5.53. The first-order valence-electron chi connectivity index (χ1n) is 11.2. The van der Waals surface area contributed by atoms with Crippen LogP contribution in [0, 0.1) is 5.82 Å². The molecule has 0 fully saturated rings. The van der Waals surface area contributed by atoms with Crippen molar-refractivity contribution in [2.24, 2.45) is 5.16 Å². The fourth-order valence-corrected chi connectivity index (χ4v) is 3.82. The van der Waals surface area contributed by atoms with Gasteiger partial charge in [0.25, 0.3) is 5.91 Å². The molecule has 0 spiro atoms. The minimum absolute atomic E-state index is 0.0660. The first-order chi connectivity index (χ1) is 17.1. The average molecular weight is 469 g/mol. The van der Waals surface area contributed by atoms with Crippen LogP contribution in [0.4, 0.5) is 10.1 Å². The molecule has 1 atom stereocenters. The zero-order valence-electron chi connectivity index (χ0n) is 19.0. The molecule has 0 bridgehead atoms. The van der Waals surface area contributed by atoms with Crippen molar-refractivity contribution in [3.05, 3.63) is 132 Å². The predicted molar refractivity (Wildman–Crippen MR) is 135 cm³/mol. The van der Waals surface area contributed by atoms with Crippen molar-refractivity contribution in [1.82, 2.24) is 0 Å². The zero-order valence-corrected chi connectivity index (χ0v) is 19.0. The van der Waals surface area contributed by atoms with Crippen molar-refractivity contribution in [3.63, 3.8) is 0 Å². The molecule has 0 aliphatic rings. The molecule has 0 saturated heterocycles. The van der Waals surface area contributed by atoms with Crippen LogP contribution in [-0.2, 0) is 16.1 Å². The summed E-state index contributed by atoms with van der Waals surface area (Å²) in [5.74, 6) is -0.584. The second-order valence-electron chi connectivity index (χ2n) is 7.92. The number of oxime groups is 1. The van der Waals surface area contributed by atoms with Crippen LogP contribution in [0.1, 0.15) is 22.7 Å². The van der Waals surface area contributed by atoms with Crippen LogP contribution >= 0.6 is 0 Å². The number of anilines is 1. The highest BCUT2D eigenvalue weighted by Gasteiger charge is 2.27. The highest BCUT2D eigenvalue weighted by molar-refractivity contribution is 5.95. The SMILES string of the molecule is O=C(CO/N=C/c1ccccc1O)N(c1ccccc1)C(Cc1ccccc1)c1ccc(F)cc1. The van der Waals surface area contributed by atoms with E-state index in [4.69, 9.17) is 4.84 Å². The van der Waals surface area contributed by atoms with Crippen LogP contribution in [0.15, 0.2) is 114 Å². The van der Waals surface area contributed by atoms with Crippen LogP contribution in [0.3, 0.4) is 0 Å². The van der Waals surface area contributed by atoms with Crippen molar-refractivity contribution in [2.45, 2.75) is 12.5 Å². The first kappa shape index (κ1) is 23.7. The van der Waals surface area contributed by atoms with Crippen LogP contribution in [0.25, 0.3) is 0 Å². The summed E-state index contributed by atoms with van der Waals surface area (Å²) in [5, 5.41) is 13.7. The highest BCUT2D eigenvalue weighted by Crippen LogP contribution is 2.31. The lowest BCUT2D eigenvalue weighted by molar-refractivity contribution is -0.123. The van der Waals surface area contributed by atoms with Gasteiger partial charge in [0.1, 0.15) is 11.6 Å². The highest BCUT2D eigenvalue weighted by atomic mass is 19.1. The van der Waals surface area contributed by atoms with Gasteiger partial charge in [-0.1, -0.05) is 78.0 Å². The van der Waals surface area contributed by atoms with Crippen molar-refractivity contribution in [1.29, 1.82) is 0 Å². The van der Waals surface area contributed by atoms with Gasteiger partial charge in [-0.25, -0.2) is 4.39 Å². The van der Waals surface area contributed by atoms with Crippen molar-refractivity contribution in [2.75, 3.05) is 11.5 Å². The molecule has 4 aromatic rings. The Morgan fingerprint density at radius 1 is 0.886 bits per heavy atom. The lowest BCUT2D eigenvalue weighted by atomic mass is 9.96. The molecular formula is C29H25FN2O3. The maximum absolute atomic E-state index is 13.7. The van der Waals surface area contributed by atoms with E-state index >= 15 is 0 Å². The van der Waals surface area contributed by atoms with Crippen LogP contribution in [0.5, 0.6) is 5.75 Å². The quantitative estimate of drug-likeness (QED) is 0.246. The van der Waals surface area contributed by atoms with Crippen LogP contribution in [0.2, 0.25) is 0 Å². The summed E-state index contributed by atoms with van der Waals surface area (Å²) in [5.41, 5.74) is 3.00. The topological polar surface area (TPSA) is 62.1 Å². The number of nitrogens with zero attached hydrogens (tertiary/aromatic N) is 2. The Labute approximate surface area is 203 Å². The van der Waals surface area contributed by atoms with Crippen molar-refractivity contribution in [3.8, 4) is 5.75 Å². The molecule has 35 heavy (non-hydrogen) atoms. The second-order valence-corrected chi connectivity index (χ2v) is 7.92. The Balaban J connectivity index is 1.62. The van der Waals surface area contributed by atoms with Gasteiger partial charge >= 0.3 is 0 Å². The third-order valence-corrected chi connectivity index (χ3v) is 5.53. The third kappa shape index (κ3) is 6.32. The van der Waals surface area contributed by atoms with E-state index in [-0.39, 0.29) is 24.1 Å². The summed E-state index contributed by atoms with van der Waals surface area (Å²) in [7, 11) is 0. The Morgan fingerprint density at radius 2 is 1.51 bits per heavy atom. The number of phenolic OH excluding ortho intramolecular Hbond substituents is 1. The Hall–Kier alpha value is -4.45. The van der Waals surface area contributed by atoms with E-state index in [1.54, 1.807) is 41.3 Å². The first-order valence-corrected chi connectivity index (χ1v) is 11.2. The van der Waals surface area contributed by atoms with E-state index in [2.05, 4.69) is 5.16 Å². The molecule has 0 aliphatic carbocycles. The summed E-state index contributed by atoms with van der Waals surface area (Å²) in [6.07, 6.45) is 1.88. The predicted octanol–water partition coefficient (Wildman–Crippen LogP) is 5.90. The van der Waals surface area contributed by atoms with Gasteiger partial charge in [0.15, 0.2) is 6.61 Å². The molecule has 0 radical (unpaired) electrons. The molecule has 5 nitrogen and oxygen atoms in total. The van der Waals surface area contributed by atoms with Gasteiger partial charge in [-0.05, 0) is 53.9 Å². The maximum Gasteiger partial charge on any atom is 0.268 e. The van der Waals surface area contributed by atoms with E-state index < -0.39 is 6.04 Å². The zero-order chi connectivity index (χ0) is 24.5. The van der Waals surface area contributed by atoms with Crippen LogP contribution in [-0.4, -0.2) is 23.8 Å². The molecule has 1 unspecified atom stereocenters. The molecule has 1 amide bonds. The van der Waals surface area contributed by atoms with Gasteiger partial charge in [0.05, 0.1) is 12.3 Å². The Bertz CT molecular complexity index is 1260. The van der Waals surface area contributed by atoms with Gasteiger partial charge in [0, 0.05) is 11.3 Å². The fraction of sp³-hybridized carbons (Fsp3) is 0.103. The molecule has 6 heteroatoms. The smallest absolute Gasteiger partial charge is 0.268 e. The Morgan fingerprint density at radius 3 is 2.20 bits per heavy atom. The number of hydrogen-bond donors (Lipinski definition) is 1. The van der Waals surface area contributed by atoms with E-state index in [1.165, 1.54) is 18.3 Å². The number of benzene rings is 4. The monoisotopic (exact) mass is 468 g/mol. The number of amides is 1. The molecule has 0 aromatic heterocycles. The molecule has 0 heterocycles. The number of halogens is 1. The van der Waals surface area contributed by atoms with Crippen molar-refractivity contribution >= 4 is 17.8 Å². The minimum Gasteiger partial charge on any atom is -0.507 e. The summed E-state index contributed by atoms with van der Waals surface area (Å²) < 4.78 is 13.7. The number of carbonyl (C=O) groups excluding carboxylic acids is 1. The second kappa shape index (κ2) is 11.6. The van der Waals surface area contributed by atoms with Crippen molar-refractivity contribution < 1.29 is 19.1 Å². The number of rotatable bonds is 9. The molecule has 4 rings (SSSR count). The molecule has 0 aliphatic heterocycles. The number of aromatic hydroxyl groups is 1. The lowest BCUT2D eigenvalue weighted by Gasteiger charge is -2.32. The number of hydrogen-bond acceptors (Lipinski definition) is 4. The molecule has 176 valence electrons. The molecule has 0 saturated carbocycles. The van der Waals surface area contributed by atoms with Gasteiger partial charge in [0.2, 0.25) is 0 Å². The van der Waals surface area contributed by atoms with Gasteiger partial charge in [-0.3, -0.25) is 4.79 Å². The van der Waals surface area contributed by atoms with E-state index in [9.17, 15) is 14.3 Å². The summed E-state index contributed by atoms with van der Waals surface area (Å²) in [6.45, 7) is -0.314. The van der Waals surface area contributed by atoms with Crippen LogP contribution < -0.4 is 4.90 Å². The summed E-state index contributed by atoms with van der Waals surface area (Å²) in [6, 6.07) is 31.6. The average Bonchev–Trinajstić information content (AvgIpc) is 2.89. The van der Waals surface area contributed by atoms with E-state index in [1.807, 2.05) is 60.7 Å².